The van der Waals surface area contributed by atoms with Crippen LogP contribution in [0.25, 0.3) is 0 Å². The normalized spacial score (nSPS) is 9.47. The van der Waals surface area contributed by atoms with Gasteiger partial charge in [-0.05, 0) is 18.9 Å². The van der Waals surface area contributed by atoms with Gasteiger partial charge in [-0.1, -0.05) is 45.6 Å². The van der Waals surface area contributed by atoms with Gasteiger partial charge in [0.25, 0.3) is 0 Å². The summed E-state index contributed by atoms with van der Waals surface area (Å²) in [5.41, 5.74) is 0. The van der Waals surface area contributed by atoms with Gasteiger partial charge in [0, 0.05) is 6.42 Å². The minimum Gasteiger partial charge on any atom is -0.303 e. The number of rotatable bonds is 8. The lowest BCUT2D eigenvalue weighted by molar-refractivity contribution is -0.108. The van der Waals surface area contributed by atoms with Gasteiger partial charge < -0.3 is 4.79 Å². The minimum atomic E-state index is 0.750. The molecule has 2 nitrogen and oxygen atoms in total. The average molecular weight is 212 g/mol. The highest BCUT2D eigenvalue weighted by Crippen LogP contribution is 1.99. The third-order valence-corrected chi connectivity index (χ3v) is 1.85. The summed E-state index contributed by atoms with van der Waals surface area (Å²) in [7, 11) is 0. The van der Waals surface area contributed by atoms with Crippen LogP contribution in [0.5, 0.6) is 0 Å². The molecule has 0 spiro atoms. The third-order valence-electron chi connectivity index (χ3n) is 1.85. The first-order valence-corrected chi connectivity index (χ1v) is 5.87. The molecular formula is C13H24O2. The van der Waals surface area contributed by atoms with Gasteiger partial charge in [0.1, 0.15) is 12.6 Å². The van der Waals surface area contributed by atoms with Crippen molar-refractivity contribution < 1.29 is 9.59 Å². The molecule has 0 bridgehead atoms. The maximum Gasteiger partial charge on any atom is 0.142 e. The van der Waals surface area contributed by atoms with E-state index in [1.54, 1.807) is 0 Å². The zero-order valence-electron chi connectivity index (χ0n) is 10.1. The largest absolute Gasteiger partial charge is 0.303 e. The Bertz CT molecular complexity index is 151. The highest BCUT2D eigenvalue weighted by molar-refractivity contribution is 5.64. The van der Waals surface area contributed by atoms with Crippen molar-refractivity contribution in [2.75, 3.05) is 0 Å². The summed E-state index contributed by atoms with van der Waals surface area (Å²) in [4.78, 5) is 19.4. The summed E-state index contributed by atoms with van der Waals surface area (Å²) in [5, 5.41) is 0. The van der Waals surface area contributed by atoms with Gasteiger partial charge in [0.05, 0.1) is 0 Å². The Balaban J connectivity index is 0. The molecular weight excluding hydrogens is 188 g/mol. The Kier molecular flexibility index (Phi) is 20.7. The van der Waals surface area contributed by atoms with Gasteiger partial charge in [0.15, 0.2) is 0 Å². The van der Waals surface area contributed by atoms with Crippen molar-refractivity contribution in [2.24, 2.45) is 0 Å². The summed E-state index contributed by atoms with van der Waals surface area (Å²) in [5.74, 6) is 0. The fourth-order valence-corrected chi connectivity index (χ4v) is 0.973. The Hall–Kier alpha value is -0.920. The van der Waals surface area contributed by atoms with Gasteiger partial charge in [0.2, 0.25) is 0 Å². The van der Waals surface area contributed by atoms with Crippen LogP contribution in [-0.4, -0.2) is 12.6 Å². The van der Waals surface area contributed by atoms with E-state index >= 15 is 0 Å². The molecule has 0 aromatic carbocycles. The number of aldehydes is 2. The molecule has 2 heteroatoms. The molecule has 0 aliphatic carbocycles. The summed E-state index contributed by atoms with van der Waals surface area (Å²) in [6, 6.07) is 0. The molecule has 0 aromatic heterocycles. The van der Waals surface area contributed by atoms with Crippen molar-refractivity contribution >= 4 is 12.6 Å². The van der Waals surface area contributed by atoms with Crippen molar-refractivity contribution in [1.29, 1.82) is 0 Å². The van der Waals surface area contributed by atoms with Gasteiger partial charge >= 0.3 is 0 Å². The summed E-state index contributed by atoms with van der Waals surface area (Å²) in [6.07, 6.45) is 12.9. The van der Waals surface area contributed by atoms with Gasteiger partial charge in [-0.15, -0.1) is 0 Å². The Morgan fingerprint density at radius 2 is 1.60 bits per heavy atom. The second-order valence-corrected chi connectivity index (χ2v) is 3.37. The van der Waals surface area contributed by atoms with Crippen LogP contribution in [0.1, 0.15) is 58.8 Å². The lowest BCUT2D eigenvalue weighted by Gasteiger charge is -1.90. The van der Waals surface area contributed by atoms with Crippen molar-refractivity contribution in [3.05, 3.63) is 12.2 Å². The molecule has 88 valence electrons. The first-order valence-electron chi connectivity index (χ1n) is 5.87. The number of hydrogen-bond acceptors (Lipinski definition) is 2. The van der Waals surface area contributed by atoms with Crippen LogP contribution in [0.15, 0.2) is 12.2 Å². The predicted octanol–water partition coefficient (Wildman–Crippen LogP) is 3.70. The average Bonchev–Trinajstić information content (AvgIpc) is 2.26. The standard InChI is InChI=1S/C7H14O.C6H10O/c1-2-3-4-5-6-7-8;1-2-3-4-5-6-7/h7H,2-6H2,1H3;4-6H,2-3H2,1H3. The summed E-state index contributed by atoms with van der Waals surface area (Å²) < 4.78 is 0. The molecule has 0 aliphatic rings. The SMILES string of the molecule is CCCC=CC=O.CCCCCCC=O. The second kappa shape index (κ2) is 18.8. The molecule has 0 radical (unpaired) electrons. The zero-order chi connectivity index (χ0) is 11.8. The Labute approximate surface area is 93.8 Å². The smallest absolute Gasteiger partial charge is 0.142 e. The van der Waals surface area contributed by atoms with Crippen LogP contribution >= 0.6 is 0 Å². The molecule has 0 rings (SSSR count). The molecule has 0 atom stereocenters. The van der Waals surface area contributed by atoms with Gasteiger partial charge in [-0.2, -0.15) is 0 Å². The van der Waals surface area contributed by atoms with Crippen LogP contribution < -0.4 is 0 Å². The number of hydrogen-bond donors (Lipinski definition) is 0. The maximum atomic E-state index is 9.77. The first kappa shape index (κ1) is 16.5. The van der Waals surface area contributed by atoms with E-state index in [1.807, 2.05) is 6.08 Å². The van der Waals surface area contributed by atoms with Crippen LogP contribution in [0.2, 0.25) is 0 Å². The van der Waals surface area contributed by atoms with E-state index < -0.39 is 0 Å². The van der Waals surface area contributed by atoms with Crippen LogP contribution in [-0.2, 0) is 9.59 Å². The lowest BCUT2D eigenvalue weighted by atomic mass is 10.2. The van der Waals surface area contributed by atoms with Crippen molar-refractivity contribution in [3.8, 4) is 0 Å². The fourth-order valence-electron chi connectivity index (χ4n) is 0.973. The van der Waals surface area contributed by atoms with E-state index in [9.17, 15) is 9.59 Å². The van der Waals surface area contributed by atoms with Crippen molar-refractivity contribution in [2.45, 2.75) is 58.8 Å². The van der Waals surface area contributed by atoms with Crippen molar-refractivity contribution in [3.63, 3.8) is 0 Å². The van der Waals surface area contributed by atoms with Gasteiger partial charge in [-0.25, -0.2) is 0 Å². The quantitative estimate of drug-likeness (QED) is 0.349. The lowest BCUT2D eigenvalue weighted by Crippen LogP contribution is -1.76. The molecule has 0 heterocycles. The molecule has 0 fully saturated rings. The Morgan fingerprint density at radius 1 is 0.867 bits per heavy atom. The highest BCUT2D eigenvalue weighted by Gasteiger charge is 1.83. The van der Waals surface area contributed by atoms with E-state index in [-0.39, 0.29) is 0 Å². The predicted molar refractivity (Wildman–Crippen MR) is 64.9 cm³/mol. The second-order valence-electron chi connectivity index (χ2n) is 3.37. The highest BCUT2D eigenvalue weighted by atomic mass is 16.1. The van der Waals surface area contributed by atoms with Gasteiger partial charge in [-0.3, -0.25) is 4.79 Å². The number of allylic oxidation sites excluding steroid dienone is 2. The Morgan fingerprint density at radius 3 is 2.07 bits per heavy atom. The van der Waals surface area contributed by atoms with E-state index in [4.69, 9.17) is 0 Å². The molecule has 0 N–H and O–H groups in total. The molecule has 0 aliphatic heterocycles. The van der Waals surface area contributed by atoms with E-state index in [0.717, 1.165) is 38.3 Å². The molecule has 0 amide bonds. The zero-order valence-corrected chi connectivity index (χ0v) is 10.1. The topological polar surface area (TPSA) is 34.1 Å². The maximum absolute atomic E-state index is 9.77. The van der Waals surface area contributed by atoms with Crippen LogP contribution in [0, 0.1) is 0 Å². The van der Waals surface area contributed by atoms with Crippen LogP contribution in [0.4, 0.5) is 0 Å². The third kappa shape index (κ3) is 24.6. The first-order chi connectivity index (χ1) is 7.33. The molecule has 0 unspecified atom stereocenters. The molecule has 0 saturated heterocycles. The minimum absolute atomic E-state index is 0.750. The molecule has 15 heavy (non-hydrogen) atoms. The number of unbranched alkanes of at least 4 members (excludes halogenated alkanes) is 5. The van der Waals surface area contributed by atoms with Crippen LogP contribution in [0.3, 0.4) is 0 Å². The fraction of sp³-hybridized carbons (Fsp3) is 0.692. The van der Waals surface area contributed by atoms with Crippen molar-refractivity contribution in [1.82, 2.24) is 0 Å². The number of carbonyl (C=O) groups excluding carboxylic acids is 2. The number of carbonyl (C=O) groups is 2. The molecule has 0 aromatic rings. The van der Waals surface area contributed by atoms with E-state index in [1.165, 1.54) is 25.3 Å². The summed E-state index contributed by atoms with van der Waals surface area (Å²) in [6.45, 7) is 4.25. The summed E-state index contributed by atoms with van der Waals surface area (Å²) >= 11 is 0. The molecule has 0 saturated carbocycles. The van der Waals surface area contributed by atoms with E-state index in [2.05, 4.69) is 13.8 Å². The van der Waals surface area contributed by atoms with E-state index in [0.29, 0.717) is 0 Å². The monoisotopic (exact) mass is 212 g/mol.